The van der Waals surface area contributed by atoms with E-state index < -0.39 is 0 Å². The van der Waals surface area contributed by atoms with E-state index in [0.717, 1.165) is 0 Å². The summed E-state index contributed by atoms with van der Waals surface area (Å²) in [6, 6.07) is 4.70. The van der Waals surface area contributed by atoms with E-state index >= 15 is 0 Å². The minimum atomic E-state index is -0.202. The van der Waals surface area contributed by atoms with Crippen molar-refractivity contribution in [3.63, 3.8) is 0 Å². The molecule has 0 atom stereocenters. The number of thiocarbonyl (C=S) groups is 1. The summed E-state index contributed by atoms with van der Waals surface area (Å²) in [5.74, 6) is -0.202. The Morgan fingerprint density at radius 2 is 2.06 bits per heavy atom. The molecule has 0 fully saturated rings. The summed E-state index contributed by atoms with van der Waals surface area (Å²) in [4.78, 5) is 13.5. The van der Waals surface area contributed by atoms with E-state index in [4.69, 9.17) is 41.2 Å². The smallest absolute Gasteiger partial charge is 0.254 e. The first-order chi connectivity index (χ1) is 7.41. The molecule has 0 saturated heterocycles. The van der Waals surface area contributed by atoms with E-state index in [9.17, 15) is 4.79 Å². The topological polar surface area (TPSA) is 46.3 Å². The number of carbonyl (C=O) groups excluding carboxylic acids is 1. The Bertz CT molecular complexity index is 437. The van der Waals surface area contributed by atoms with Crippen LogP contribution in [0.15, 0.2) is 18.2 Å². The zero-order valence-corrected chi connectivity index (χ0v) is 10.9. The lowest BCUT2D eigenvalue weighted by Crippen LogP contribution is -2.34. The molecule has 0 bridgehead atoms. The summed E-state index contributed by atoms with van der Waals surface area (Å²) in [6.45, 7) is 0.231. The summed E-state index contributed by atoms with van der Waals surface area (Å²) in [5.41, 5.74) is 5.81. The second kappa shape index (κ2) is 5.48. The van der Waals surface area contributed by atoms with Crippen LogP contribution in [0.25, 0.3) is 0 Å². The molecule has 86 valence electrons. The molecule has 16 heavy (non-hydrogen) atoms. The Morgan fingerprint density at radius 1 is 1.44 bits per heavy atom. The lowest BCUT2D eigenvalue weighted by atomic mass is 10.2. The molecule has 0 saturated carbocycles. The standard InChI is InChI=1S/C10H10Cl2N2OS/c1-14(5-9(13)16)10(15)6-2-3-7(11)8(12)4-6/h2-4H,5H2,1H3,(H2,13,16). The second-order valence-corrected chi connectivity index (χ2v) is 4.60. The highest BCUT2D eigenvalue weighted by molar-refractivity contribution is 7.80. The average Bonchev–Trinajstić information content (AvgIpc) is 2.20. The SMILES string of the molecule is CN(CC(N)=S)C(=O)c1ccc(Cl)c(Cl)c1. The minimum absolute atomic E-state index is 0.202. The van der Waals surface area contributed by atoms with Crippen LogP contribution < -0.4 is 5.73 Å². The van der Waals surface area contributed by atoms with Gasteiger partial charge in [-0.1, -0.05) is 35.4 Å². The maximum absolute atomic E-state index is 11.9. The number of nitrogens with zero attached hydrogens (tertiary/aromatic N) is 1. The number of rotatable bonds is 3. The van der Waals surface area contributed by atoms with Gasteiger partial charge in [0.15, 0.2) is 0 Å². The quantitative estimate of drug-likeness (QED) is 0.863. The first-order valence-electron chi connectivity index (χ1n) is 4.40. The molecule has 1 amide bonds. The molecule has 0 aromatic heterocycles. The molecule has 1 rings (SSSR count). The molecule has 0 spiro atoms. The molecule has 1 aromatic carbocycles. The minimum Gasteiger partial charge on any atom is -0.392 e. The van der Waals surface area contributed by atoms with Gasteiger partial charge in [-0.05, 0) is 18.2 Å². The zero-order valence-electron chi connectivity index (χ0n) is 8.54. The molecule has 0 aliphatic heterocycles. The number of benzene rings is 1. The number of likely N-dealkylation sites (N-methyl/N-ethyl adjacent to an activating group) is 1. The zero-order chi connectivity index (χ0) is 12.3. The molecular weight excluding hydrogens is 267 g/mol. The van der Waals surface area contributed by atoms with Gasteiger partial charge in [-0.2, -0.15) is 0 Å². The number of carbonyl (C=O) groups is 1. The Balaban J connectivity index is 2.88. The van der Waals surface area contributed by atoms with Crippen LogP contribution in [0, 0.1) is 0 Å². The third kappa shape index (κ3) is 3.33. The van der Waals surface area contributed by atoms with Crippen molar-refractivity contribution in [3.05, 3.63) is 33.8 Å². The molecule has 0 radical (unpaired) electrons. The fourth-order valence-electron chi connectivity index (χ4n) is 1.16. The van der Waals surface area contributed by atoms with E-state index in [1.54, 1.807) is 19.2 Å². The number of amides is 1. The molecule has 0 unspecified atom stereocenters. The van der Waals surface area contributed by atoms with Crippen molar-refractivity contribution >= 4 is 46.3 Å². The van der Waals surface area contributed by atoms with Gasteiger partial charge in [0, 0.05) is 12.6 Å². The monoisotopic (exact) mass is 276 g/mol. The summed E-state index contributed by atoms with van der Waals surface area (Å²) in [6.07, 6.45) is 0. The summed E-state index contributed by atoms with van der Waals surface area (Å²) in [7, 11) is 1.62. The van der Waals surface area contributed by atoms with E-state index in [2.05, 4.69) is 0 Å². The van der Waals surface area contributed by atoms with Gasteiger partial charge in [-0.25, -0.2) is 0 Å². The average molecular weight is 277 g/mol. The largest absolute Gasteiger partial charge is 0.392 e. The van der Waals surface area contributed by atoms with Gasteiger partial charge in [0.2, 0.25) is 0 Å². The van der Waals surface area contributed by atoms with E-state index in [0.29, 0.717) is 15.6 Å². The van der Waals surface area contributed by atoms with Crippen molar-refractivity contribution in [2.24, 2.45) is 5.73 Å². The molecule has 1 aromatic rings. The van der Waals surface area contributed by atoms with Gasteiger partial charge in [0.25, 0.3) is 5.91 Å². The first kappa shape index (κ1) is 13.2. The lowest BCUT2D eigenvalue weighted by Gasteiger charge is -2.16. The molecule has 0 aliphatic carbocycles. The van der Waals surface area contributed by atoms with Gasteiger partial charge < -0.3 is 10.6 Å². The van der Waals surface area contributed by atoms with Gasteiger partial charge in [0.1, 0.15) is 0 Å². The number of hydrogen-bond donors (Lipinski definition) is 1. The van der Waals surface area contributed by atoms with Crippen LogP contribution in [0.2, 0.25) is 10.0 Å². The molecule has 0 heterocycles. The predicted molar refractivity (Wildman–Crippen MR) is 70.2 cm³/mol. The number of halogens is 2. The third-order valence-electron chi connectivity index (χ3n) is 1.91. The Labute approximate surface area is 109 Å². The molecule has 3 nitrogen and oxygen atoms in total. The van der Waals surface area contributed by atoms with Crippen LogP contribution in [0.3, 0.4) is 0 Å². The van der Waals surface area contributed by atoms with Crippen molar-refractivity contribution < 1.29 is 4.79 Å². The van der Waals surface area contributed by atoms with Gasteiger partial charge >= 0.3 is 0 Å². The fraction of sp³-hybridized carbons (Fsp3) is 0.200. The molecule has 6 heteroatoms. The molecule has 0 aliphatic rings. The highest BCUT2D eigenvalue weighted by Gasteiger charge is 2.13. The van der Waals surface area contributed by atoms with Crippen LogP contribution in [0.4, 0.5) is 0 Å². The number of hydrogen-bond acceptors (Lipinski definition) is 2. The maximum atomic E-state index is 11.9. The van der Waals surface area contributed by atoms with Crippen LogP contribution in [-0.4, -0.2) is 29.4 Å². The third-order valence-corrected chi connectivity index (χ3v) is 2.77. The summed E-state index contributed by atoms with van der Waals surface area (Å²) >= 11 is 16.3. The predicted octanol–water partition coefficient (Wildman–Crippen LogP) is 2.35. The van der Waals surface area contributed by atoms with Crippen molar-refractivity contribution in [2.45, 2.75) is 0 Å². The summed E-state index contributed by atoms with van der Waals surface area (Å²) in [5, 5.41) is 0.756. The Morgan fingerprint density at radius 3 is 2.56 bits per heavy atom. The lowest BCUT2D eigenvalue weighted by molar-refractivity contribution is 0.0815. The van der Waals surface area contributed by atoms with Crippen LogP contribution in [-0.2, 0) is 0 Å². The first-order valence-corrected chi connectivity index (χ1v) is 5.57. The molecule has 2 N–H and O–H groups in total. The van der Waals surface area contributed by atoms with Crippen molar-refractivity contribution in [1.29, 1.82) is 0 Å². The highest BCUT2D eigenvalue weighted by atomic mass is 35.5. The van der Waals surface area contributed by atoms with Gasteiger partial charge in [-0.3, -0.25) is 4.79 Å². The second-order valence-electron chi connectivity index (χ2n) is 3.26. The highest BCUT2D eigenvalue weighted by Crippen LogP contribution is 2.23. The van der Waals surface area contributed by atoms with Crippen LogP contribution in [0.1, 0.15) is 10.4 Å². The fourth-order valence-corrected chi connectivity index (χ4v) is 1.65. The normalized spacial score (nSPS) is 9.94. The Hall–Kier alpha value is -0.840. The van der Waals surface area contributed by atoms with Crippen molar-refractivity contribution in [1.82, 2.24) is 4.90 Å². The molecular formula is C10H10Cl2N2OS. The van der Waals surface area contributed by atoms with E-state index in [-0.39, 0.29) is 17.4 Å². The van der Waals surface area contributed by atoms with Crippen molar-refractivity contribution in [2.75, 3.05) is 13.6 Å². The van der Waals surface area contributed by atoms with Crippen LogP contribution >= 0.6 is 35.4 Å². The van der Waals surface area contributed by atoms with Gasteiger partial charge in [-0.15, -0.1) is 0 Å². The Kier molecular flexibility index (Phi) is 4.53. The maximum Gasteiger partial charge on any atom is 0.254 e. The van der Waals surface area contributed by atoms with Crippen molar-refractivity contribution in [3.8, 4) is 0 Å². The van der Waals surface area contributed by atoms with E-state index in [1.165, 1.54) is 11.0 Å². The van der Waals surface area contributed by atoms with E-state index in [1.807, 2.05) is 0 Å². The van der Waals surface area contributed by atoms with Crippen LogP contribution in [0.5, 0.6) is 0 Å². The number of nitrogens with two attached hydrogens (primary N) is 1. The summed E-state index contributed by atoms with van der Waals surface area (Å²) < 4.78 is 0. The van der Waals surface area contributed by atoms with Gasteiger partial charge in [0.05, 0.1) is 21.6 Å².